The first-order chi connectivity index (χ1) is 11.8. The van der Waals surface area contributed by atoms with Gasteiger partial charge in [0.05, 0.1) is 7.11 Å². The summed E-state index contributed by atoms with van der Waals surface area (Å²) in [4.78, 5) is 2.59. The Labute approximate surface area is 156 Å². The molecule has 0 unspecified atom stereocenters. The van der Waals surface area contributed by atoms with Crippen LogP contribution in [0, 0.1) is 41.5 Å². The van der Waals surface area contributed by atoms with Crippen LogP contribution >= 0.6 is 11.3 Å². The molecule has 0 bridgehead atoms. The van der Waals surface area contributed by atoms with Gasteiger partial charge in [0.25, 0.3) is 0 Å². The molecule has 0 atom stereocenters. The zero-order chi connectivity index (χ0) is 18.6. The average Bonchev–Trinajstić information content (AvgIpc) is 2.99. The highest BCUT2D eigenvalue weighted by molar-refractivity contribution is 7.15. The molecular formula is C23H28OS. The Kier molecular flexibility index (Phi) is 6.44. The second-order valence-corrected chi connectivity index (χ2v) is 7.93. The monoisotopic (exact) mass is 352 g/mol. The summed E-state index contributed by atoms with van der Waals surface area (Å²) in [6.07, 6.45) is 0. The molecule has 2 aromatic carbocycles. The van der Waals surface area contributed by atoms with E-state index in [9.17, 15) is 0 Å². The Bertz CT molecular complexity index is 835. The molecule has 0 radical (unpaired) electrons. The lowest BCUT2D eigenvalue weighted by molar-refractivity contribution is 0.416. The van der Waals surface area contributed by atoms with Crippen molar-refractivity contribution in [2.45, 2.75) is 41.5 Å². The maximum absolute atomic E-state index is 5.40. The largest absolute Gasteiger partial charge is 0.496 e. The highest BCUT2D eigenvalue weighted by atomic mass is 32.1. The lowest BCUT2D eigenvalue weighted by atomic mass is 10.0. The van der Waals surface area contributed by atoms with Crippen LogP contribution in [0.15, 0.2) is 42.5 Å². The van der Waals surface area contributed by atoms with Gasteiger partial charge in [-0.2, -0.15) is 0 Å². The number of hydrogen-bond donors (Lipinski definition) is 0. The van der Waals surface area contributed by atoms with Crippen LogP contribution in [-0.4, -0.2) is 7.11 Å². The number of methoxy groups -OCH3 is 1. The van der Waals surface area contributed by atoms with Crippen LogP contribution in [0.1, 0.15) is 32.7 Å². The highest BCUT2D eigenvalue weighted by Crippen LogP contribution is 2.35. The Morgan fingerprint density at radius 2 is 1.36 bits per heavy atom. The molecule has 0 fully saturated rings. The SMILES string of the molecule is COc1cc(C)ccc1-c1ccc(C)s1.Cc1cc(C)c(C)c(C)c1. The van der Waals surface area contributed by atoms with Gasteiger partial charge in [-0.15, -0.1) is 11.3 Å². The minimum absolute atomic E-state index is 0.955. The molecule has 0 aliphatic heterocycles. The number of thiophene rings is 1. The van der Waals surface area contributed by atoms with Crippen molar-refractivity contribution in [3.63, 3.8) is 0 Å². The van der Waals surface area contributed by atoms with Crippen molar-refractivity contribution in [2.24, 2.45) is 0 Å². The molecule has 0 aliphatic rings. The van der Waals surface area contributed by atoms with Crippen LogP contribution in [0.3, 0.4) is 0 Å². The number of rotatable bonds is 2. The van der Waals surface area contributed by atoms with E-state index in [2.05, 4.69) is 84.0 Å². The molecule has 0 amide bonds. The summed E-state index contributed by atoms with van der Waals surface area (Å²) in [5.74, 6) is 0.955. The van der Waals surface area contributed by atoms with Gasteiger partial charge in [0, 0.05) is 15.3 Å². The fourth-order valence-corrected chi connectivity index (χ4v) is 3.73. The van der Waals surface area contributed by atoms with E-state index in [1.54, 1.807) is 18.4 Å². The Morgan fingerprint density at radius 1 is 0.720 bits per heavy atom. The van der Waals surface area contributed by atoms with E-state index < -0.39 is 0 Å². The molecule has 1 aromatic heterocycles. The quantitative estimate of drug-likeness (QED) is 0.484. The van der Waals surface area contributed by atoms with Crippen LogP contribution in [0.2, 0.25) is 0 Å². The summed E-state index contributed by atoms with van der Waals surface area (Å²) in [6, 6.07) is 15.0. The fourth-order valence-electron chi connectivity index (χ4n) is 2.83. The first-order valence-electron chi connectivity index (χ1n) is 8.57. The summed E-state index contributed by atoms with van der Waals surface area (Å²) in [7, 11) is 1.72. The second kappa shape index (κ2) is 8.35. The molecule has 3 aromatic rings. The van der Waals surface area contributed by atoms with Crippen molar-refractivity contribution in [1.82, 2.24) is 0 Å². The van der Waals surface area contributed by atoms with Crippen LogP contribution in [-0.2, 0) is 0 Å². The molecular weight excluding hydrogens is 324 g/mol. The van der Waals surface area contributed by atoms with Crippen molar-refractivity contribution in [3.05, 3.63) is 75.2 Å². The fraction of sp³-hybridized carbons (Fsp3) is 0.304. The van der Waals surface area contributed by atoms with E-state index in [1.165, 1.54) is 43.1 Å². The Hall–Kier alpha value is -2.06. The molecule has 1 heterocycles. The van der Waals surface area contributed by atoms with Crippen LogP contribution < -0.4 is 4.74 Å². The van der Waals surface area contributed by atoms with Crippen molar-refractivity contribution in [2.75, 3.05) is 7.11 Å². The maximum atomic E-state index is 5.40. The van der Waals surface area contributed by atoms with Gasteiger partial charge in [-0.25, -0.2) is 0 Å². The molecule has 25 heavy (non-hydrogen) atoms. The number of benzene rings is 2. The van der Waals surface area contributed by atoms with Crippen molar-refractivity contribution in [1.29, 1.82) is 0 Å². The van der Waals surface area contributed by atoms with E-state index in [0.29, 0.717) is 0 Å². The Balaban J connectivity index is 0.000000196. The third-order valence-electron chi connectivity index (χ3n) is 4.43. The van der Waals surface area contributed by atoms with E-state index in [1.807, 2.05) is 0 Å². The normalized spacial score (nSPS) is 10.2. The number of hydrogen-bond acceptors (Lipinski definition) is 2. The van der Waals surface area contributed by atoms with Crippen LogP contribution in [0.25, 0.3) is 10.4 Å². The smallest absolute Gasteiger partial charge is 0.127 e. The lowest BCUT2D eigenvalue weighted by Gasteiger charge is -2.07. The molecule has 3 rings (SSSR count). The van der Waals surface area contributed by atoms with Gasteiger partial charge >= 0.3 is 0 Å². The summed E-state index contributed by atoms with van der Waals surface area (Å²) in [5.41, 5.74) is 7.99. The predicted octanol–water partition coefficient (Wildman–Crippen LogP) is 6.96. The summed E-state index contributed by atoms with van der Waals surface area (Å²) in [5, 5.41) is 0. The molecule has 0 spiro atoms. The van der Waals surface area contributed by atoms with Crippen LogP contribution in [0.4, 0.5) is 0 Å². The van der Waals surface area contributed by atoms with Crippen molar-refractivity contribution >= 4 is 11.3 Å². The molecule has 132 valence electrons. The minimum atomic E-state index is 0.955. The highest BCUT2D eigenvalue weighted by Gasteiger charge is 2.07. The molecule has 2 heteroatoms. The molecule has 0 saturated heterocycles. The molecule has 0 saturated carbocycles. The van der Waals surface area contributed by atoms with Gasteiger partial charge in [-0.05, 0) is 88.1 Å². The van der Waals surface area contributed by atoms with E-state index in [0.717, 1.165) is 5.75 Å². The molecule has 1 nitrogen and oxygen atoms in total. The van der Waals surface area contributed by atoms with Gasteiger partial charge in [-0.1, -0.05) is 23.8 Å². The summed E-state index contributed by atoms with van der Waals surface area (Å²) in [6.45, 7) is 12.8. The van der Waals surface area contributed by atoms with Gasteiger partial charge < -0.3 is 4.74 Å². The second-order valence-electron chi connectivity index (χ2n) is 6.64. The average molecular weight is 353 g/mol. The van der Waals surface area contributed by atoms with Crippen molar-refractivity contribution < 1.29 is 4.74 Å². The van der Waals surface area contributed by atoms with Gasteiger partial charge in [0.2, 0.25) is 0 Å². The number of aryl methyl sites for hydroxylation is 5. The van der Waals surface area contributed by atoms with E-state index in [-0.39, 0.29) is 0 Å². The summed E-state index contributed by atoms with van der Waals surface area (Å²) >= 11 is 1.80. The standard InChI is InChI=1S/C13H14OS.C10H14/c1-9-4-6-11(12(8-9)14-3)13-7-5-10(2)15-13;1-7-5-8(2)10(4)9(3)6-7/h4-8H,1-3H3;5-6H,1-4H3. The molecule has 0 aliphatic carbocycles. The maximum Gasteiger partial charge on any atom is 0.127 e. The van der Waals surface area contributed by atoms with Gasteiger partial charge in [-0.3, -0.25) is 0 Å². The first kappa shape index (κ1) is 19.3. The number of ether oxygens (including phenoxy) is 1. The first-order valence-corrected chi connectivity index (χ1v) is 9.39. The van der Waals surface area contributed by atoms with Crippen LogP contribution in [0.5, 0.6) is 5.75 Å². The topological polar surface area (TPSA) is 9.23 Å². The zero-order valence-electron chi connectivity index (χ0n) is 16.4. The van der Waals surface area contributed by atoms with Gasteiger partial charge in [0.15, 0.2) is 0 Å². The zero-order valence-corrected chi connectivity index (χ0v) is 17.2. The Morgan fingerprint density at radius 3 is 1.88 bits per heavy atom. The molecule has 0 N–H and O–H groups in total. The third-order valence-corrected chi connectivity index (χ3v) is 5.47. The predicted molar refractivity (Wildman–Crippen MR) is 111 cm³/mol. The van der Waals surface area contributed by atoms with E-state index >= 15 is 0 Å². The van der Waals surface area contributed by atoms with Gasteiger partial charge in [0.1, 0.15) is 5.75 Å². The minimum Gasteiger partial charge on any atom is -0.496 e. The summed E-state index contributed by atoms with van der Waals surface area (Å²) < 4.78 is 5.40. The third kappa shape index (κ3) is 4.96. The van der Waals surface area contributed by atoms with E-state index in [4.69, 9.17) is 4.74 Å². The lowest BCUT2D eigenvalue weighted by Crippen LogP contribution is -1.87. The van der Waals surface area contributed by atoms with Crippen molar-refractivity contribution in [3.8, 4) is 16.2 Å².